The lowest BCUT2D eigenvalue weighted by molar-refractivity contribution is 0.305. The van der Waals surface area contributed by atoms with Crippen LogP contribution in [-0.4, -0.2) is 13.1 Å². The summed E-state index contributed by atoms with van der Waals surface area (Å²) in [5.74, 6) is 0.528. The van der Waals surface area contributed by atoms with Crippen LogP contribution in [0.5, 0.6) is 5.75 Å². The van der Waals surface area contributed by atoms with Crippen molar-refractivity contribution in [2.24, 2.45) is 5.73 Å². The molecule has 0 aliphatic heterocycles. The van der Waals surface area contributed by atoms with Gasteiger partial charge in [-0.15, -0.1) is 0 Å². The topological polar surface area (TPSA) is 47.3 Å². The van der Waals surface area contributed by atoms with Gasteiger partial charge in [0, 0.05) is 12.2 Å². The average Bonchev–Trinajstić information content (AvgIpc) is 2.51. The van der Waals surface area contributed by atoms with Crippen molar-refractivity contribution >= 4 is 5.69 Å². The number of ether oxygens (including phenoxy) is 1. The van der Waals surface area contributed by atoms with Crippen molar-refractivity contribution in [2.45, 2.75) is 19.4 Å². The lowest BCUT2D eigenvalue weighted by atomic mass is 10.2. The van der Waals surface area contributed by atoms with Crippen LogP contribution in [0.4, 0.5) is 10.1 Å². The Labute approximate surface area is 124 Å². The monoisotopic (exact) mass is 288 g/mol. The smallest absolute Gasteiger partial charge is 0.123 e. The van der Waals surface area contributed by atoms with Gasteiger partial charge in [-0.1, -0.05) is 12.1 Å². The number of hydrogen-bond donors (Lipinski definition) is 2. The van der Waals surface area contributed by atoms with Crippen LogP contribution in [0.3, 0.4) is 0 Å². The molecule has 0 unspecified atom stereocenters. The molecule has 0 aliphatic carbocycles. The number of unbranched alkanes of at least 4 members (excludes halogenated alkanes) is 1. The molecule has 0 saturated carbocycles. The maximum absolute atomic E-state index is 13.0. The number of anilines is 1. The van der Waals surface area contributed by atoms with Crippen LogP contribution in [-0.2, 0) is 6.61 Å². The maximum Gasteiger partial charge on any atom is 0.123 e. The Kier molecular flexibility index (Phi) is 6.03. The van der Waals surface area contributed by atoms with E-state index >= 15 is 0 Å². The molecule has 0 saturated heterocycles. The fourth-order valence-corrected chi connectivity index (χ4v) is 1.96. The number of rotatable bonds is 8. The summed E-state index contributed by atoms with van der Waals surface area (Å²) in [4.78, 5) is 0. The van der Waals surface area contributed by atoms with Crippen molar-refractivity contribution in [1.29, 1.82) is 0 Å². The molecule has 0 fully saturated rings. The predicted molar refractivity (Wildman–Crippen MR) is 84.0 cm³/mol. The van der Waals surface area contributed by atoms with E-state index in [4.69, 9.17) is 10.5 Å². The van der Waals surface area contributed by atoms with Crippen molar-refractivity contribution in [2.75, 3.05) is 18.4 Å². The van der Waals surface area contributed by atoms with Crippen molar-refractivity contribution in [3.8, 4) is 5.75 Å². The maximum atomic E-state index is 13.0. The quantitative estimate of drug-likeness (QED) is 0.730. The molecule has 0 atom stereocenters. The van der Waals surface area contributed by atoms with Gasteiger partial charge in [0.15, 0.2) is 0 Å². The molecule has 4 heteroatoms. The summed E-state index contributed by atoms with van der Waals surface area (Å²) in [6.45, 7) is 2.01. The Hall–Kier alpha value is -2.07. The van der Waals surface area contributed by atoms with E-state index in [0.717, 1.165) is 42.9 Å². The Balaban J connectivity index is 1.79. The second kappa shape index (κ2) is 8.27. The van der Waals surface area contributed by atoms with E-state index in [1.54, 1.807) is 6.07 Å². The van der Waals surface area contributed by atoms with E-state index in [9.17, 15) is 4.39 Å². The minimum atomic E-state index is -0.242. The summed E-state index contributed by atoms with van der Waals surface area (Å²) in [5.41, 5.74) is 7.33. The molecule has 2 aromatic carbocycles. The third kappa shape index (κ3) is 5.44. The largest absolute Gasteiger partial charge is 0.489 e. The first-order valence-electron chi connectivity index (χ1n) is 7.19. The van der Waals surface area contributed by atoms with Gasteiger partial charge in [0.05, 0.1) is 0 Å². The van der Waals surface area contributed by atoms with Crippen molar-refractivity contribution in [3.63, 3.8) is 0 Å². The Morgan fingerprint density at radius 1 is 1.05 bits per heavy atom. The molecule has 2 rings (SSSR count). The molecule has 2 aromatic rings. The van der Waals surface area contributed by atoms with E-state index in [-0.39, 0.29) is 5.82 Å². The summed E-state index contributed by atoms with van der Waals surface area (Å²) in [7, 11) is 0. The molecule has 3 nitrogen and oxygen atoms in total. The zero-order chi connectivity index (χ0) is 14.9. The molecular formula is C17H21FN2O. The summed E-state index contributed by atoms with van der Waals surface area (Å²) < 4.78 is 18.7. The standard InChI is InChI=1S/C17H21FN2O/c18-15-5-3-4-14(12-15)13-21-17-8-6-16(7-9-17)20-11-2-1-10-19/h3-9,12,20H,1-2,10-11,13,19H2. The molecule has 0 bridgehead atoms. The van der Waals surface area contributed by atoms with Crippen LogP contribution in [0.25, 0.3) is 0 Å². The van der Waals surface area contributed by atoms with Gasteiger partial charge in [0.2, 0.25) is 0 Å². The number of nitrogens with one attached hydrogen (secondary N) is 1. The number of nitrogens with two attached hydrogens (primary N) is 1. The van der Waals surface area contributed by atoms with Crippen LogP contribution in [0.15, 0.2) is 48.5 Å². The van der Waals surface area contributed by atoms with Gasteiger partial charge in [-0.25, -0.2) is 4.39 Å². The second-order valence-corrected chi connectivity index (χ2v) is 4.87. The van der Waals surface area contributed by atoms with Gasteiger partial charge in [0.1, 0.15) is 18.2 Å². The van der Waals surface area contributed by atoms with E-state index in [1.807, 2.05) is 30.3 Å². The zero-order valence-corrected chi connectivity index (χ0v) is 12.0. The predicted octanol–water partition coefficient (Wildman–Crippen LogP) is 3.56. The van der Waals surface area contributed by atoms with E-state index in [2.05, 4.69) is 5.32 Å². The highest BCUT2D eigenvalue weighted by atomic mass is 19.1. The van der Waals surface area contributed by atoms with Crippen molar-refractivity contribution in [1.82, 2.24) is 0 Å². The minimum Gasteiger partial charge on any atom is -0.489 e. The Morgan fingerprint density at radius 3 is 2.57 bits per heavy atom. The molecule has 21 heavy (non-hydrogen) atoms. The zero-order valence-electron chi connectivity index (χ0n) is 12.0. The lowest BCUT2D eigenvalue weighted by Crippen LogP contribution is -2.05. The number of hydrogen-bond acceptors (Lipinski definition) is 3. The molecule has 112 valence electrons. The number of benzene rings is 2. The molecule has 0 amide bonds. The number of halogens is 1. The average molecular weight is 288 g/mol. The van der Waals surface area contributed by atoms with Crippen molar-refractivity contribution < 1.29 is 9.13 Å². The normalized spacial score (nSPS) is 10.4. The Morgan fingerprint density at radius 2 is 1.86 bits per heavy atom. The molecule has 0 radical (unpaired) electrons. The van der Waals surface area contributed by atoms with E-state index in [0.29, 0.717) is 6.61 Å². The molecule has 0 aliphatic rings. The minimum absolute atomic E-state index is 0.242. The molecule has 0 aromatic heterocycles. The third-order valence-corrected chi connectivity index (χ3v) is 3.11. The highest BCUT2D eigenvalue weighted by Crippen LogP contribution is 2.17. The van der Waals surface area contributed by atoms with Gasteiger partial charge >= 0.3 is 0 Å². The van der Waals surface area contributed by atoms with Crippen LogP contribution >= 0.6 is 0 Å². The molecule has 0 heterocycles. The fraction of sp³-hybridized carbons (Fsp3) is 0.294. The summed E-state index contributed by atoms with van der Waals surface area (Å²) in [6, 6.07) is 14.2. The lowest BCUT2D eigenvalue weighted by Gasteiger charge is -2.09. The second-order valence-electron chi connectivity index (χ2n) is 4.87. The van der Waals surface area contributed by atoms with E-state index < -0.39 is 0 Å². The summed E-state index contributed by atoms with van der Waals surface area (Å²) >= 11 is 0. The van der Waals surface area contributed by atoms with Gasteiger partial charge in [-0.05, 0) is 61.3 Å². The van der Waals surface area contributed by atoms with E-state index in [1.165, 1.54) is 12.1 Å². The third-order valence-electron chi connectivity index (χ3n) is 3.11. The molecule has 3 N–H and O–H groups in total. The summed E-state index contributed by atoms with van der Waals surface area (Å²) in [5, 5.41) is 3.33. The molecule has 0 spiro atoms. The Bertz CT molecular complexity index is 543. The van der Waals surface area contributed by atoms with Gasteiger partial charge in [-0.2, -0.15) is 0 Å². The first-order valence-corrected chi connectivity index (χ1v) is 7.19. The highest BCUT2D eigenvalue weighted by molar-refractivity contribution is 5.46. The highest BCUT2D eigenvalue weighted by Gasteiger charge is 1.98. The van der Waals surface area contributed by atoms with Crippen LogP contribution in [0.2, 0.25) is 0 Å². The molecular weight excluding hydrogens is 267 g/mol. The van der Waals surface area contributed by atoms with Gasteiger partial charge < -0.3 is 15.8 Å². The SMILES string of the molecule is NCCCCNc1ccc(OCc2cccc(F)c2)cc1. The fourth-order valence-electron chi connectivity index (χ4n) is 1.96. The first-order chi connectivity index (χ1) is 10.3. The van der Waals surface area contributed by atoms with Crippen LogP contribution < -0.4 is 15.8 Å². The van der Waals surface area contributed by atoms with Crippen molar-refractivity contribution in [3.05, 3.63) is 59.9 Å². The van der Waals surface area contributed by atoms with Gasteiger partial charge in [-0.3, -0.25) is 0 Å². The van der Waals surface area contributed by atoms with Crippen LogP contribution in [0, 0.1) is 5.82 Å². The first kappa shape index (κ1) is 15.3. The van der Waals surface area contributed by atoms with Gasteiger partial charge in [0.25, 0.3) is 0 Å². The van der Waals surface area contributed by atoms with Crippen LogP contribution in [0.1, 0.15) is 18.4 Å². The summed E-state index contributed by atoms with van der Waals surface area (Å²) in [6.07, 6.45) is 2.09.